The molecule has 0 aliphatic heterocycles. The lowest BCUT2D eigenvalue weighted by Gasteiger charge is -2.25. The zero-order valence-corrected chi connectivity index (χ0v) is 18.6. The minimum atomic E-state index is -4.83. The Bertz CT molecular complexity index is 1220. The van der Waals surface area contributed by atoms with Crippen molar-refractivity contribution in [2.24, 2.45) is 5.92 Å². The molecule has 3 aromatic rings. The fourth-order valence-electron chi connectivity index (χ4n) is 4.30. The first-order valence-corrected chi connectivity index (χ1v) is 10.9. The SMILES string of the molecule is CC(C)(O)c1cc2nn(C3CCC(C=O)CC3)cc2cc1NC(=O)c1cncnc1C(F)(F)F. The highest BCUT2D eigenvalue weighted by Gasteiger charge is 2.37. The van der Waals surface area contributed by atoms with Crippen LogP contribution in [0.2, 0.25) is 0 Å². The molecule has 1 saturated carbocycles. The molecular formula is C23H24F3N5O3. The minimum absolute atomic E-state index is 0.0633. The third-order valence-corrected chi connectivity index (χ3v) is 6.10. The van der Waals surface area contributed by atoms with Crippen LogP contribution in [-0.2, 0) is 16.6 Å². The molecule has 2 aromatic heterocycles. The molecule has 1 aliphatic rings. The molecule has 0 spiro atoms. The Kier molecular flexibility index (Phi) is 6.15. The first-order chi connectivity index (χ1) is 16.0. The maximum absolute atomic E-state index is 13.3. The number of anilines is 1. The van der Waals surface area contributed by atoms with Crippen LogP contribution >= 0.6 is 0 Å². The standard InChI is InChI=1S/C23H24F3N5O3/c1-22(2,34)17-8-18-14(10-31(30-18)15-5-3-13(11-32)4-6-15)7-19(17)29-21(33)16-9-27-12-28-20(16)23(24,25)26/h7-13,15,34H,3-6H2,1-2H3,(H,29,33). The van der Waals surface area contributed by atoms with Gasteiger partial charge in [0, 0.05) is 34.9 Å². The van der Waals surface area contributed by atoms with E-state index in [2.05, 4.69) is 20.4 Å². The van der Waals surface area contributed by atoms with Crippen molar-refractivity contribution in [3.05, 3.63) is 47.7 Å². The third kappa shape index (κ3) is 4.79. The second-order valence-corrected chi connectivity index (χ2v) is 9.07. The number of hydrogen-bond acceptors (Lipinski definition) is 6. The lowest BCUT2D eigenvalue weighted by molar-refractivity contribution is -0.141. The molecule has 34 heavy (non-hydrogen) atoms. The molecule has 1 amide bonds. The van der Waals surface area contributed by atoms with Crippen molar-refractivity contribution in [3.63, 3.8) is 0 Å². The summed E-state index contributed by atoms with van der Waals surface area (Å²) in [5.74, 6) is -0.981. The van der Waals surface area contributed by atoms with E-state index in [9.17, 15) is 27.9 Å². The van der Waals surface area contributed by atoms with Gasteiger partial charge in [-0.05, 0) is 51.7 Å². The Balaban J connectivity index is 1.70. The van der Waals surface area contributed by atoms with Crippen molar-refractivity contribution in [1.29, 1.82) is 0 Å². The number of amides is 1. The predicted molar refractivity (Wildman–Crippen MR) is 117 cm³/mol. The molecule has 0 radical (unpaired) electrons. The van der Waals surface area contributed by atoms with Crippen molar-refractivity contribution >= 4 is 28.8 Å². The van der Waals surface area contributed by atoms with E-state index in [1.54, 1.807) is 18.3 Å². The van der Waals surface area contributed by atoms with Gasteiger partial charge in [0.25, 0.3) is 5.91 Å². The zero-order chi connectivity index (χ0) is 24.7. The molecule has 11 heteroatoms. The summed E-state index contributed by atoms with van der Waals surface area (Å²) in [6, 6.07) is 3.31. The Morgan fingerprint density at radius 3 is 2.53 bits per heavy atom. The normalized spacial score (nSPS) is 19.2. The molecule has 1 aliphatic carbocycles. The first-order valence-electron chi connectivity index (χ1n) is 10.9. The predicted octanol–water partition coefficient (Wildman–Crippen LogP) is 4.26. The van der Waals surface area contributed by atoms with Gasteiger partial charge in [0.1, 0.15) is 12.6 Å². The van der Waals surface area contributed by atoms with Crippen LogP contribution in [0.4, 0.5) is 18.9 Å². The summed E-state index contributed by atoms with van der Waals surface area (Å²) >= 11 is 0. The summed E-state index contributed by atoms with van der Waals surface area (Å²) in [5, 5.41) is 18.4. The van der Waals surface area contributed by atoms with Crippen LogP contribution in [0.5, 0.6) is 0 Å². The van der Waals surface area contributed by atoms with Gasteiger partial charge < -0.3 is 15.2 Å². The number of aldehydes is 1. The molecule has 180 valence electrons. The van der Waals surface area contributed by atoms with Crippen LogP contribution in [0.15, 0.2) is 30.9 Å². The average molecular weight is 475 g/mol. The van der Waals surface area contributed by atoms with Gasteiger partial charge in [0.15, 0.2) is 5.69 Å². The van der Waals surface area contributed by atoms with E-state index in [0.717, 1.165) is 44.5 Å². The average Bonchev–Trinajstić information content (AvgIpc) is 3.20. The molecule has 0 bridgehead atoms. The molecule has 0 unspecified atom stereocenters. The number of carbonyl (C=O) groups excluding carboxylic acids is 2. The molecule has 1 aromatic carbocycles. The number of carbonyl (C=O) groups is 2. The summed E-state index contributed by atoms with van der Waals surface area (Å²) in [7, 11) is 0. The van der Waals surface area contributed by atoms with Crippen molar-refractivity contribution in [2.75, 3.05) is 5.32 Å². The maximum atomic E-state index is 13.3. The van der Waals surface area contributed by atoms with Gasteiger partial charge in [0.05, 0.1) is 22.7 Å². The highest BCUT2D eigenvalue weighted by Crippen LogP contribution is 2.36. The van der Waals surface area contributed by atoms with E-state index < -0.39 is 28.9 Å². The number of nitrogens with zero attached hydrogens (tertiary/aromatic N) is 4. The van der Waals surface area contributed by atoms with Crippen molar-refractivity contribution < 1.29 is 27.9 Å². The summed E-state index contributed by atoms with van der Waals surface area (Å²) in [6.45, 7) is 3.02. The summed E-state index contributed by atoms with van der Waals surface area (Å²) in [6.07, 6.45) is 2.65. The summed E-state index contributed by atoms with van der Waals surface area (Å²) < 4.78 is 41.7. The van der Waals surface area contributed by atoms with E-state index in [4.69, 9.17) is 0 Å². The van der Waals surface area contributed by atoms with Gasteiger partial charge >= 0.3 is 6.18 Å². The van der Waals surface area contributed by atoms with E-state index in [1.165, 1.54) is 13.8 Å². The zero-order valence-electron chi connectivity index (χ0n) is 18.6. The van der Waals surface area contributed by atoms with Crippen LogP contribution in [0.1, 0.15) is 67.2 Å². The second kappa shape index (κ2) is 8.79. The molecule has 1 fully saturated rings. The highest BCUT2D eigenvalue weighted by atomic mass is 19.4. The number of aliphatic hydroxyl groups is 1. The van der Waals surface area contributed by atoms with Crippen molar-refractivity contribution in [3.8, 4) is 0 Å². The number of benzene rings is 1. The maximum Gasteiger partial charge on any atom is 0.434 e. The van der Waals surface area contributed by atoms with E-state index >= 15 is 0 Å². The van der Waals surface area contributed by atoms with E-state index in [1.807, 2.05) is 4.68 Å². The lowest BCUT2D eigenvalue weighted by atomic mass is 9.87. The van der Waals surface area contributed by atoms with Gasteiger partial charge in [-0.25, -0.2) is 9.97 Å². The smallest absolute Gasteiger partial charge is 0.386 e. The monoisotopic (exact) mass is 475 g/mol. The molecule has 8 nitrogen and oxygen atoms in total. The van der Waals surface area contributed by atoms with E-state index in [-0.39, 0.29) is 17.6 Å². The molecule has 0 atom stereocenters. The van der Waals surface area contributed by atoms with Crippen molar-refractivity contribution in [1.82, 2.24) is 19.7 Å². The number of hydrogen-bond donors (Lipinski definition) is 2. The summed E-state index contributed by atoms with van der Waals surface area (Å²) in [5.41, 5.74) is -2.45. The Morgan fingerprint density at radius 2 is 1.91 bits per heavy atom. The molecule has 4 rings (SSSR count). The van der Waals surface area contributed by atoms with Crippen molar-refractivity contribution in [2.45, 2.75) is 57.3 Å². The number of halogens is 3. The van der Waals surface area contributed by atoms with Gasteiger partial charge in [-0.3, -0.25) is 9.48 Å². The Labute approximate surface area is 193 Å². The fourth-order valence-corrected chi connectivity index (χ4v) is 4.30. The summed E-state index contributed by atoms with van der Waals surface area (Å²) in [4.78, 5) is 30.6. The second-order valence-electron chi connectivity index (χ2n) is 9.07. The van der Waals surface area contributed by atoms with Gasteiger partial charge in [-0.2, -0.15) is 18.3 Å². The number of fused-ring (bicyclic) bond motifs is 1. The molecular weight excluding hydrogens is 451 g/mol. The van der Waals surface area contributed by atoms with E-state index in [0.29, 0.717) is 16.5 Å². The van der Waals surface area contributed by atoms with Gasteiger partial charge in [-0.15, -0.1) is 0 Å². The van der Waals surface area contributed by atoms with Gasteiger partial charge in [0.2, 0.25) is 0 Å². The minimum Gasteiger partial charge on any atom is -0.386 e. The Hall–Kier alpha value is -3.34. The first kappa shape index (κ1) is 23.8. The van der Waals surface area contributed by atoms with Crippen LogP contribution in [0, 0.1) is 5.92 Å². The number of alkyl halides is 3. The highest BCUT2D eigenvalue weighted by molar-refractivity contribution is 6.06. The number of aromatic nitrogens is 4. The number of rotatable bonds is 5. The van der Waals surface area contributed by atoms with Gasteiger partial charge in [-0.1, -0.05) is 0 Å². The Morgan fingerprint density at radius 1 is 1.21 bits per heavy atom. The van der Waals surface area contributed by atoms with Crippen LogP contribution in [0.25, 0.3) is 10.9 Å². The van der Waals surface area contributed by atoms with Crippen LogP contribution in [0.3, 0.4) is 0 Å². The largest absolute Gasteiger partial charge is 0.434 e. The molecule has 2 N–H and O–H groups in total. The van der Waals surface area contributed by atoms with Crippen LogP contribution < -0.4 is 5.32 Å². The topological polar surface area (TPSA) is 110 Å². The fraction of sp³-hybridized carbons (Fsp3) is 0.435. The number of nitrogens with one attached hydrogen (secondary N) is 1. The lowest BCUT2D eigenvalue weighted by Crippen LogP contribution is -2.23. The quantitative estimate of drug-likeness (QED) is 0.534. The molecule has 0 saturated heterocycles. The third-order valence-electron chi connectivity index (χ3n) is 6.10. The molecule has 2 heterocycles. The van der Waals surface area contributed by atoms with Crippen LogP contribution in [-0.4, -0.2) is 37.0 Å².